The van der Waals surface area contributed by atoms with Gasteiger partial charge in [-0.3, -0.25) is 9.59 Å². The average molecular weight is 588 g/mol. The number of anilines is 2. The first kappa shape index (κ1) is 28.0. The predicted octanol–water partition coefficient (Wildman–Crippen LogP) is 7.38. The van der Waals surface area contributed by atoms with Gasteiger partial charge in [0.2, 0.25) is 5.91 Å². The molecule has 3 N–H and O–H groups in total. The summed E-state index contributed by atoms with van der Waals surface area (Å²) in [5.41, 5.74) is 0.0330. The lowest BCUT2D eigenvalue weighted by molar-refractivity contribution is -0.115. The summed E-state index contributed by atoms with van der Waals surface area (Å²) in [4.78, 5) is 37.8. The second-order valence-corrected chi connectivity index (χ2v) is 10.2. The number of thioether (sulfide) groups is 1. The molecular formula is C24H18Cl4N2O5S. The Morgan fingerprint density at radius 3 is 1.83 bits per heavy atom. The minimum absolute atomic E-state index is 0.185. The van der Waals surface area contributed by atoms with E-state index in [4.69, 9.17) is 51.1 Å². The summed E-state index contributed by atoms with van der Waals surface area (Å²) in [7, 11) is 1.56. The van der Waals surface area contributed by atoms with Gasteiger partial charge in [0, 0.05) is 16.3 Å². The third kappa shape index (κ3) is 6.38. The van der Waals surface area contributed by atoms with Crippen molar-refractivity contribution in [2.45, 2.75) is 17.1 Å². The molecule has 0 bridgehead atoms. The van der Waals surface area contributed by atoms with E-state index >= 15 is 0 Å². The fourth-order valence-corrected chi connectivity index (χ4v) is 4.92. The molecule has 36 heavy (non-hydrogen) atoms. The van der Waals surface area contributed by atoms with Crippen LogP contribution in [0.3, 0.4) is 0 Å². The minimum Gasteiger partial charge on any atom is -0.497 e. The number of benzene rings is 3. The van der Waals surface area contributed by atoms with E-state index in [1.54, 1.807) is 62.6 Å². The molecule has 2 amide bonds. The molecule has 0 spiro atoms. The number of methoxy groups -OCH3 is 1. The Kier molecular flexibility index (Phi) is 9.38. The van der Waals surface area contributed by atoms with Gasteiger partial charge < -0.3 is 20.5 Å². The Hall–Kier alpha value is -2.62. The van der Waals surface area contributed by atoms with Gasteiger partial charge in [0.1, 0.15) is 5.75 Å². The molecule has 0 saturated carbocycles. The van der Waals surface area contributed by atoms with Gasteiger partial charge in [-0.1, -0.05) is 46.4 Å². The quantitative estimate of drug-likeness (QED) is 0.144. The van der Waals surface area contributed by atoms with Gasteiger partial charge in [-0.15, -0.1) is 11.8 Å². The highest BCUT2D eigenvalue weighted by Crippen LogP contribution is 2.42. The number of hydrogen-bond acceptors (Lipinski definition) is 5. The standard InChI is InChI=1S/C24H18Cl4N2O5S/c1-11(22(31)29-12-3-7-14(35-2)8-4-12)36-15-9-5-13(6-10-15)30-23(32)16-17(24(33)34)19(26)21(28)20(27)18(16)25/h3-11H,1-2H3,(H,29,31)(H,30,32)(H,33,34). The van der Waals surface area contributed by atoms with Gasteiger partial charge in [0.05, 0.1) is 43.6 Å². The number of nitrogens with one attached hydrogen (secondary N) is 2. The first-order valence-corrected chi connectivity index (χ1v) is 12.5. The van der Waals surface area contributed by atoms with Crippen molar-refractivity contribution in [3.05, 3.63) is 79.7 Å². The monoisotopic (exact) mass is 586 g/mol. The normalized spacial score (nSPS) is 11.5. The van der Waals surface area contributed by atoms with Crippen LogP contribution in [0.4, 0.5) is 11.4 Å². The third-order valence-electron chi connectivity index (χ3n) is 4.86. The highest BCUT2D eigenvalue weighted by atomic mass is 35.5. The summed E-state index contributed by atoms with van der Waals surface area (Å²) >= 11 is 25.4. The summed E-state index contributed by atoms with van der Waals surface area (Å²) in [6.45, 7) is 1.77. The van der Waals surface area contributed by atoms with Crippen molar-refractivity contribution in [1.29, 1.82) is 0 Å². The Labute approximate surface area is 231 Å². The van der Waals surface area contributed by atoms with Gasteiger partial charge >= 0.3 is 5.97 Å². The first-order valence-electron chi connectivity index (χ1n) is 10.2. The molecule has 1 unspecified atom stereocenters. The van der Waals surface area contributed by atoms with E-state index in [0.717, 1.165) is 4.90 Å². The third-order valence-corrected chi connectivity index (χ3v) is 7.77. The molecule has 12 heteroatoms. The Morgan fingerprint density at radius 1 is 0.806 bits per heavy atom. The minimum atomic E-state index is -1.49. The summed E-state index contributed by atoms with van der Waals surface area (Å²) < 4.78 is 5.10. The molecule has 0 saturated heterocycles. The lowest BCUT2D eigenvalue weighted by Crippen LogP contribution is -2.22. The number of rotatable bonds is 8. The molecule has 0 aliphatic carbocycles. The van der Waals surface area contributed by atoms with E-state index in [9.17, 15) is 19.5 Å². The van der Waals surface area contributed by atoms with E-state index in [2.05, 4.69) is 10.6 Å². The largest absolute Gasteiger partial charge is 0.497 e. The number of carbonyl (C=O) groups is 3. The van der Waals surface area contributed by atoms with Gasteiger partial charge in [-0.05, 0) is 55.5 Å². The number of halogens is 4. The van der Waals surface area contributed by atoms with E-state index in [-0.39, 0.29) is 21.0 Å². The van der Waals surface area contributed by atoms with Crippen molar-refractivity contribution in [3.63, 3.8) is 0 Å². The van der Waals surface area contributed by atoms with Crippen LogP contribution >= 0.6 is 58.2 Å². The van der Waals surface area contributed by atoms with Crippen LogP contribution in [-0.2, 0) is 4.79 Å². The van der Waals surface area contributed by atoms with Crippen molar-refractivity contribution < 1.29 is 24.2 Å². The summed E-state index contributed by atoms with van der Waals surface area (Å²) in [6, 6.07) is 13.6. The number of carbonyl (C=O) groups excluding carboxylic acids is 2. The highest BCUT2D eigenvalue weighted by Gasteiger charge is 2.29. The van der Waals surface area contributed by atoms with Crippen LogP contribution in [0.15, 0.2) is 53.4 Å². The topological polar surface area (TPSA) is 105 Å². The maximum absolute atomic E-state index is 12.9. The van der Waals surface area contributed by atoms with Crippen molar-refractivity contribution in [3.8, 4) is 5.75 Å². The molecule has 3 aromatic rings. The molecule has 0 heterocycles. The highest BCUT2D eigenvalue weighted by molar-refractivity contribution is 8.00. The Balaban J connectivity index is 1.69. The molecule has 0 aliphatic heterocycles. The number of ether oxygens (including phenoxy) is 1. The molecular weight excluding hydrogens is 570 g/mol. The van der Waals surface area contributed by atoms with Crippen molar-refractivity contribution >= 4 is 87.3 Å². The van der Waals surface area contributed by atoms with E-state index in [1.807, 2.05) is 0 Å². The number of aromatic carboxylic acids is 1. The average Bonchev–Trinajstić information content (AvgIpc) is 2.86. The van der Waals surface area contributed by atoms with Crippen LogP contribution in [0, 0.1) is 0 Å². The summed E-state index contributed by atoms with van der Waals surface area (Å²) in [6.07, 6.45) is 0. The maximum Gasteiger partial charge on any atom is 0.338 e. The fourth-order valence-electron chi connectivity index (χ4n) is 3.03. The summed E-state index contributed by atoms with van der Waals surface area (Å²) in [5.74, 6) is -1.81. The van der Waals surface area contributed by atoms with Crippen LogP contribution in [0.5, 0.6) is 5.75 Å². The van der Waals surface area contributed by atoms with E-state index in [0.29, 0.717) is 17.1 Å². The smallest absolute Gasteiger partial charge is 0.338 e. The molecule has 0 fully saturated rings. The van der Waals surface area contributed by atoms with Gasteiger partial charge in [0.15, 0.2) is 0 Å². The van der Waals surface area contributed by atoms with Crippen molar-refractivity contribution in [2.75, 3.05) is 17.7 Å². The van der Waals surface area contributed by atoms with Crippen LogP contribution in [0.25, 0.3) is 0 Å². The number of hydrogen-bond donors (Lipinski definition) is 3. The molecule has 188 valence electrons. The van der Waals surface area contributed by atoms with Gasteiger partial charge in [0.25, 0.3) is 5.91 Å². The lowest BCUT2D eigenvalue weighted by Gasteiger charge is -2.15. The Bertz CT molecular complexity index is 1320. The molecule has 0 aromatic heterocycles. The molecule has 3 rings (SSSR count). The van der Waals surface area contributed by atoms with E-state index < -0.39 is 33.3 Å². The SMILES string of the molecule is COc1ccc(NC(=O)C(C)Sc2ccc(NC(=O)c3c(Cl)c(Cl)c(Cl)c(Cl)c3C(=O)O)cc2)cc1. The van der Waals surface area contributed by atoms with Crippen molar-refractivity contribution in [2.24, 2.45) is 0 Å². The zero-order valence-electron chi connectivity index (χ0n) is 18.7. The zero-order chi connectivity index (χ0) is 26.6. The second kappa shape index (κ2) is 12.1. The number of carboxylic acid groups (broad SMARTS) is 1. The molecule has 3 aromatic carbocycles. The lowest BCUT2D eigenvalue weighted by atomic mass is 10.1. The van der Waals surface area contributed by atoms with Crippen LogP contribution < -0.4 is 15.4 Å². The second-order valence-electron chi connectivity index (χ2n) is 7.27. The van der Waals surface area contributed by atoms with E-state index in [1.165, 1.54) is 11.8 Å². The molecule has 0 aliphatic rings. The van der Waals surface area contributed by atoms with Crippen molar-refractivity contribution in [1.82, 2.24) is 0 Å². The van der Waals surface area contributed by atoms with Gasteiger partial charge in [-0.2, -0.15) is 0 Å². The van der Waals surface area contributed by atoms with Crippen LogP contribution in [-0.4, -0.2) is 35.2 Å². The predicted molar refractivity (Wildman–Crippen MR) is 145 cm³/mol. The fraction of sp³-hybridized carbons (Fsp3) is 0.125. The number of carboxylic acids is 1. The van der Waals surface area contributed by atoms with Crippen LogP contribution in [0.2, 0.25) is 20.1 Å². The molecule has 1 atom stereocenters. The van der Waals surface area contributed by atoms with Crippen LogP contribution in [0.1, 0.15) is 27.6 Å². The Morgan fingerprint density at radius 2 is 1.31 bits per heavy atom. The number of amides is 2. The molecule has 0 radical (unpaired) electrons. The first-order chi connectivity index (χ1) is 17.0. The summed E-state index contributed by atoms with van der Waals surface area (Å²) in [5, 5.41) is 13.3. The van der Waals surface area contributed by atoms with Gasteiger partial charge in [-0.25, -0.2) is 4.79 Å². The maximum atomic E-state index is 12.9. The molecule has 7 nitrogen and oxygen atoms in total. The zero-order valence-corrected chi connectivity index (χ0v) is 22.5.